The van der Waals surface area contributed by atoms with E-state index in [1.54, 1.807) is 23.9 Å². The molecule has 2 aromatic rings. The Kier molecular flexibility index (Phi) is 4.31. The number of anilines is 1. The van der Waals surface area contributed by atoms with Crippen molar-refractivity contribution >= 4 is 37.5 Å². The van der Waals surface area contributed by atoms with Crippen LogP contribution < -0.4 is 16.0 Å². The number of nitrogens with two attached hydrogens (primary N) is 1. The second-order valence-corrected chi connectivity index (χ2v) is 5.78. The van der Waals surface area contributed by atoms with Gasteiger partial charge in [0.15, 0.2) is 0 Å². The number of halogens is 2. The zero-order chi connectivity index (χ0) is 14.0. The largest absolute Gasteiger partial charge is 0.496 e. The van der Waals surface area contributed by atoms with Gasteiger partial charge in [0.25, 0.3) is 5.56 Å². The number of nitrogens with zero attached hydrogens (tertiary/aromatic N) is 1. The summed E-state index contributed by atoms with van der Waals surface area (Å²) in [6.07, 6.45) is 1.62. The van der Waals surface area contributed by atoms with Crippen molar-refractivity contribution in [3.8, 4) is 5.75 Å². The normalized spacial score (nSPS) is 10.5. The molecule has 0 spiro atoms. The van der Waals surface area contributed by atoms with Crippen LogP contribution in [0.5, 0.6) is 5.75 Å². The highest BCUT2D eigenvalue weighted by atomic mass is 79.9. The van der Waals surface area contributed by atoms with Crippen molar-refractivity contribution in [2.45, 2.75) is 6.54 Å². The number of aromatic nitrogens is 1. The number of benzene rings is 1. The summed E-state index contributed by atoms with van der Waals surface area (Å²) < 4.78 is 8.21. The zero-order valence-electron chi connectivity index (χ0n) is 10.2. The van der Waals surface area contributed by atoms with Gasteiger partial charge in [-0.1, -0.05) is 15.9 Å². The molecule has 0 aliphatic heterocycles. The molecule has 19 heavy (non-hydrogen) atoms. The predicted octanol–water partition coefficient (Wildman–Crippen LogP) is 3.01. The van der Waals surface area contributed by atoms with Crippen molar-refractivity contribution in [1.29, 1.82) is 0 Å². The molecule has 0 radical (unpaired) electrons. The molecule has 2 N–H and O–H groups in total. The number of ether oxygens (including phenoxy) is 1. The summed E-state index contributed by atoms with van der Waals surface area (Å²) in [5, 5.41) is 0. The Bertz CT molecular complexity index is 668. The van der Waals surface area contributed by atoms with Gasteiger partial charge in [-0.15, -0.1) is 0 Å². The van der Waals surface area contributed by atoms with Gasteiger partial charge in [-0.25, -0.2) is 0 Å². The molecule has 0 fully saturated rings. The van der Waals surface area contributed by atoms with Gasteiger partial charge in [-0.2, -0.15) is 0 Å². The van der Waals surface area contributed by atoms with Crippen molar-refractivity contribution < 1.29 is 4.74 Å². The third kappa shape index (κ3) is 3.19. The van der Waals surface area contributed by atoms with Crippen LogP contribution in [0.15, 0.2) is 44.2 Å². The number of hydrogen-bond donors (Lipinski definition) is 1. The Balaban J connectivity index is 2.47. The minimum absolute atomic E-state index is 0.128. The Morgan fingerprint density at radius 3 is 2.74 bits per heavy atom. The maximum Gasteiger partial charge on any atom is 0.265 e. The van der Waals surface area contributed by atoms with Crippen LogP contribution in [0.25, 0.3) is 0 Å². The first-order valence-electron chi connectivity index (χ1n) is 5.49. The molecule has 6 heteroatoms. The summed E-state index contributed by atoms with van der Waals surface area (Å²) >= 11 is 6.62. The summed E-state index contributed by atoms with van der Waals surface area (Å²) in [6, 6.07) is 7.26. The first kappa shape index (κ1) is 14.1. The Morgan fingerprint density at radius 2 is 2.05 bits per heavy atom. The van der Waals surface area contributed by atoms with Crippen molar-refractivity contribution in [3.63, 3.8) is 0 Å². The van der Waals surface area contributed by atoms with E-state index in [1.807, 2.05) is 18.2 Å². The van der Waals surface area contributed by atoms with Crippen molar-refractivity contribution in [1.82, 2.24) is 4.57 Å². The molecule has 4 nitrogen and oxygen atoms in total. The van der Waals surface area contributed by atoms with Crippen molar-refractivity contribution in [2.75, 3.05) is 12.8 Å². The minimum Gasteiger partial charge on any atom is -0.496 e. The fourth-order valence-electron chi connectivity index (χ4n) is 1.79. The first-order chi connectivity index (χ1) is 9.01. The summed E-state index contributed by atoms with van der Waals surface area (Å²) in [5.41, 5.74) is 7.05. The fraction of sp³-hybridized carbons (Fsp3) is 0.154. The third-order valence-electron chi connectivity index (χ3n) is 2.65. The Morgan fingerprint density at radius 1 is 1.32 bits per heavy atom. The molecule has 2 rings (SSSR count). The van der Waals surface area contributed by atoms with E-state index >= 15 is 0 Å². The number of hydrogen-bond acceptors (Lipinski definition) is 3. The molecule has 1 aromatic heterocycles. The maximum atomic E-state index is 12.0. The molecule has 0 saturated carbocycles. The molecule has 0 unspecified atom stereocenters. The van der Waals surface area contributed by atoms with Crippen LogP contribution in [-0.2, 0) is 6.54 Å². The molecule has 0 aliphatic rings. The summed E-state index contributed by atoms with van der Waals surface area (Å²) in [6.45, 7) is 0.394. The molecule has 0 bridgehead atoms. The summed E-state index contributed by atoms with van der Waals surface area (Å²) in [5.74, 6) is 0.730. The standard InChI is InChI=1S/C13H12Br2N2O2/c1-19-12-3-2-9(14)4-8(12)6-17-7-10(16)5-11(15)13(17)18/h2-5,7H,6,16H2,1H3. The zero-order valence-corrected chi connectivity index (χ0v) is 13.4. The molecular weight excluding hydrogens is 376 g/mol. The molecule has 100 valence electrons. The molecule has 1 aromatic carbocycles. The van der Waals surface area contributed by atoms with Gasteiger partial charge in [-0.3, -0.25) is 4.79 Å². The van der Waals surface area contributed by atoms with E-state index in [2.05, 4.69) is 31.9 Å². The molecule has 0 amide bonds. The quantitative estimate of drug-likeness (QED) is 0.880. The SMILES string of the molecule is COc1ccc(Br)cc1Cn1cc(N)cc(Br)c1=O. The molecule has 0 atom stereocenters. The lowest BCUT2D eigenvalue weighted by Crippen LogP contribution is -2.21. The lowest BCUT2D eigenvalue weighted by molar-refractivity contribution is 0.408. The molecule has 0 saturated heterocycles. The van der Waals surface area contributed by atoms with E-state index < -0.39 is 0 Å². The number of pyridine rings is 1. The van der Waals surface area contributed by atoms with Crippen LogP contribution in [0, 0.1) is 0 Å². The minimum atomic E-state index is -0.128. The topological polar surface area (TPSA) is 57.2 Å². The van der Waals surface area contributed by atoms with Gasteiger partial charge in [0.1, 0.15) is 5.75 Å². The van der Waals surface area contributed by atoms with E-state index in [0.717, 1.165) is 15.8 Å². The number of rotatable bonds is 3. The third-order valence-corrected chi connectivity index (χ3v) is 3.71. The highest BCUT2D eigenvalue weighted by Crippen LogP contribution is 2.23. The predicted molar refractivity (Wildman–Crippen MR) is 82.6 cm³/mol. The van der Waals surface area contributed by atoms with Crippen LogP contribution in [0.1, 0.15) is 5.56 Å². The fourth-order valence-corrected chi connectivity index (χ4v) is 2.69. The first-order valence-corrected chi connectivity index (χ1v) is 7.07. The van der Waals surface area contributed by atoms with E-state index in [-0.39, 0.29) is 5.56 Å². The van der Waals surface area contributed by atoms with Gasteiger partial charge in [0, 0.05) is 21.9 Å². The van der Waals surface area contributed by atoms with Gasteiger partial charge in [-0.05, 0) is 40.2 Å². The molecule has 1 heterocycles. The van der Waals surface area contributed by atoms with Crippen LogP contribution in [0.3, 0.4) is 0 Å². The van der Waals surface area contributed by atoms with E-state index in [9.17, 15) is 4.79 Å². The van der Waals surface area contributed by atoms with Gasteiger partial charge >= 0.3 is 0 Å². The van der Waals surface area contributed by atoms with E-state index in [0.29, 0.717) is 16.7 Å². The van der Waals surface area contributed by atoms with Crippen LogP contribution in [0.4, 0.5) is 5.69 Å². The highest BCUT2D eigenvalue weighted by Gasteiger charge is 2.08. The van der Waals surface area contributed by atoms with E-state index in [4.69, 9.17) is 10.5 Å². The second-order valence-electron chi connectivity index (χ2n) is 4.01. The monoisotopic (exact) mass is 386 g/mol. The Labute approximate surface area is 127 Å². The summed E-state index contributed by atoms with van der Waals surface area (Å²) in [4.78, 5) is 12.0. The van der Waals surface area contributed by atoms with Gasteiger partial charge in [0.05, 0.1) is 18.1 Å². The smallest absolute Gasteiger partial charge is 0.265 e. The van der Waals surface area contributed by atoms with Crippen LogP contribution in [0.2, 0.25) is 0 Å². The second kappa shape index (κ2) is 5.79. The van der Waals surface area contributed by atoms with Crippen molar-refractivity contribution in [2.24, 2.45) is 0 Å². The average Bonchev–Trinajstić information content (AvgIpc) is 2.35. The highest BCUT2D eigenvalue weighted by molar-refractivity contribution is 9.10. The number of methoxy groups -OCH3 is 1. The average molecular weight is 388 g/mol. The Hall–Kier alpha value is -1.27. The van der Waals surface area contributed by atoms with Gasteiger partial charge < -0.3 is 15.0 Å². The van der Waals surface area contributed by atoms with Gasteiger partial charge in [0.2, 0.25) is 0 Å². The lowest BCUT2D eigenvalue weighted by atomic mass is 10.2. The summed E-state index contributed by atoms with van der Waals surface area (Å²) in [7, 11) is 1.60. The maximum absolute atomic E-state index is 12.0. The van der Waals surface area contributed by atoms with E-state index in [1.165, 1.54) is 0 Å². The van der Waals surface area contributed by atoms with Crippen molar-refractivity contribution in [3.05, 3.63) is 55.3 Å². The molecule has 0 aliphatic carbocycles. The number of nitrogen functional groups attached to an aromatic ring is 1. The van der Waals surface area contributed by atoms with Crippen LogP contribution >= 0.6 is 31.9 Å². The molecular formula is C13H12Br2N2O2. The van der Waals surface area contributed by atoms with Crippen LogP contribution in [-0.4, -0.2) is 11.7 Å². The lowest BCUT2D eigenvalue weighted by Gasteiger charge is -2.12.